The van der Waals surface area contributed by atoms with E-state index in [4.69, 9.17) is 10.5 Å². The number of morpholine rings is 1. The van der Waals surface area contributed by atoms with E-state index < -0.39 is 0 Å². The number of nitrogens with zero attached hydrogens (tertiary/aromatic N) is 1. The van der Waals surface area contributed by atoms with Gasteiger partial charge in [0.15, 0.2) is 0 Å². The average molecular weight is 327 g/mol. The monoisotopic (exact) mass is 326 g/mol. The maximum atomic E-state index is 5.95. The van der Waals surface area contributed by atoms with E-state index in [-0.39, 0.29) is 12.1 Å². The van der Waals surface area contributed by atoms with E-state index in [1.54, 1.807) is 0 Å². The van der Waals surface area contributed by atoms with Gasteiger partial charge in [-0.05, 0) is 38.0 Å². The molecular weight excluding hydrogens is 304 g/mol. The zero-order chi connectivity index (χ0) is 14.0. The topological polar surface area (TPSA) is 38.5 Å². The van der Waals surface area contributed by atoms with Gasteiger partial charge in [0.1, 0.15) is 0 Å². The van der Waals surface area contributed by atoms with Crippen LogP contribution < -0.4 is 10.6 Å². The Hall–Kier alpha value is -0.580. The Bertz CT molecular complexity index is 436. The molecule has 0 spiro atoms. The van der Waals surface area contributed by atoms with E-state index in [2.05, 4.69) is 52.9 Å². The van der Waals surface area contributed by atoms with Crippen molar-refractivity contribution in [1.82, 2.24) is 0 Å². The second-order valence-corrected chi connectivity index (χ2v) is 6.21. The highest BCUT2D eigenvalue weighted by molar-refractivity contribution is 9.10. The van der Waals surface area contributed by atoms with Gasteiger partial charge in [-0.3, -0.25) is 0 Å². The molecule has 2 unspecified atom stereocenters. The molecule has 0 saturated carbocycles. The summed E-state index contributed by atoms with van der Waals surface area (Å²) in [5, 5.41) is 0. The molecule has 2 rings (SSSR count). The van der Waals surface area contributed by atoms with Crippen molar-refractivity contribution in [3.05, 3.63) is 28.2 Å². The fourth-order valence-electron chi connectivity index (χ4n) is 2.56. The minimum Gasteiger partial charge on any atom is -0.375 e. The van der Waals surface area contributed by atoms with Crippen molar-refractivity contribution < 1.29 is 4.74 Å². The zero-order valence-corrected chi connectivity index (χ0v) is 13.5. The predicted octanol–water partition coefficient (Wildman–Crippen LogP) is 3.47. The lowest BCUT2D eigenvalue weighted by molar-refractivity contribution is 0.0299. The van der Waals surface area contributed by atoms with Crippen LogP contribution >= 0.6 is 15.9 Å². The third-order valence-electron chi connectivity index (χ3n) is 3.75. The molecule has 4 heteroatoms. The van der Waals surface area contributed by atoms with E-state index in [1.165, 1.54) is 5.69 Å². The van der Waals surface area contributed by atoms with E-state index in [1.807, 2.05) is 6.92 Å². The summed E-state index contributed by atoms with van der Waals surface area (Å²) in [4.78, 5) is 2.45. The molecule has 1 heterocycles. The highest BCUT2D eigenvalue weighted by atomic mass is 79.9. The van der Waals surface area contributed by atoms with Crippen molar-refractivity contribution in [2.75, 3.05) is 18.1 Å². The molecule has 106 valence electrons. The first-order valence-electron chi connectivity index (χ1n) is 6.96. The second kappa shape index (κ2) is 6.25. The number of hydrogen-bond acceptors (Lipinski definition) is 3. The molecule has 1 aliphatic heterocycles. The van der Waals surface area contributed by atoms with Gasteiger partial charge in [-0.1, -0.05) is 28.9 Å². The van der Waals surface area contributed by atoms with Crippen molar-refractivity contribution in [2.24, 2.45) is 5.73 Å². The number of rotatable bonds is 3. The van der Waals surface area contributed by atoms with Gasteiger partial charge in [-0.25, -0.2) is 0 Å². The normalized spacial score (nSPS) is 25.4. The van der Waals surface area contributed by atoms with Gasteiger partial charge >= 0.3 is 0 Å². The fraction of sp³-hybridized carbons (Fsp3) is 0.600. The molecule has 0 aliphatic carbocycles. The van der Waals surface area contributed by atoms with Crippen molar-refractivity contribution in [1.29, 1.82) is 0 Å². The summed E-state index contributed by atoms with van der Waals surface area (Å²) in [5.41, 5.74) is 8.35. The Morgan fingerprint density at radius 3 is 2.84 bits per heavy atom. The van der Waals surface area contributed by atoms with Crippen LogP contribution in [0.2, 0.25) is 0 Å². The molecule has 0 amide bonds. The van der Waals surface area contributed by atoms with Gasteiger partial charge in [0.05, 0.1) is 18.8 Å². The molecule has 0 bridgehead atoms. The molecule has 19 heavy (non-hydrogen) atoms. The van der Waals surface area contributed by atoms with Crippen LogP contribution in [0.5, 0.6) is 0 Å². The van der Waals surface area contributed by atoms with Crippen molar-refractivity contribution >= 4 is 21.6 Å². The predicted molar refractivity (Wildman–Crippen MR) is 83.6 cm³/mol. The first-order chi connectivity index (χ1) is 9.02. The Kier molecular flexibility index (Phi) is 4.87. The highest BCUT2D eigenvalue weighted by Crippen LogP contribution is 2.30. The summed E-state index contributed by atoms with van der Waals surface area (Å²) in [5.74, 6) is 0. The van der Waals surface area contributed by atoms with Gasteiger partial charge in [-0.2, -0.15) is 0 Å². The van der Waals surface area contributed by atoms with E-state index in [0.29, 0.717) is 6.04 Å². The number of benzene rings is 1. The Labute approximate surface area is 124 Å². The third kappa shape index (κ3) is 3.30. The third-order valence-corrected chi connectivity index (χ3v) is 4.43. The molecule has 2 N–H and O–H groups in total. The quantitative estimate of drug-likeness (QED) is 0.924. The van der Waals surface area contributed by atoms with E-state index in [0.717, 1.165) is 29.6 Å². The number of anilines is 1. The van der Waals surface area contributed by atoms with Crippen LogP contribution in [0.1, 0.15) is 38.8 Å². The maximum absolute atomic E-state index is 5.95. The Morgan fingerprint density at radius 2 is 2.26 bits per heavy atom. The molecule has 3 atom stereocenters. The molecule has 1 aromatic carbocycles. The molecule has 3 nitrogen and oxygen atoms in total. The first-order valence-corrected chi connectivity index (χ1v) is 7.75. The van der Waals surface area contributed by atoms with Crippen LogP contribution in [0, 0.1) is 0 Å². The smallest absolute Gasteiger partial charge is 0.0723 e. The summed E-state index contributed by atoms with van der Waals surface area (Å²) in [6.07, 6.45) is 1.38. The van der Waals surface area contributed by atoms with Crippen LogP contribution in [0.15, 0.2) is 22.7 Å². The molecular formula is C15H23BrN2O. The molecule has 0 radical (unpaired) electrons. The summed E-state index contributed by atoms with van der Waals surface area (Å²) in [6, 6.07) is 6.98. The van der Waals surface area contributed by atoms with Gasteiger partial charge < -0.3 is 15.4 Å². The summed E-state index contributed by atoms with van der Waals surface area (Å²) in [7, 11) is 0. The number of nitrogens with two attached hydrogens (primary N) is 1. The number of halogens is 1. The lowest BCUT2D eigenvalue weighted by Crippen LogP contribution is -2.48. The average Bonchev–Trinajstić information content (AvgIpc) is 2.38. The summed E-state index contributed by atoms with van der Waals surface area (Å²) < 4.78 is 6.84. The van der Waals surface area contributed by atoms with E-state index in [9.17, 15) is 0 Å². The minimum atomic E-state index is 0.0500. The fourth-order valence-corrected chi connectivity index (χ4v) is 3.29. The minimum absolute atomic E-state index is 0.0500. The molecule has 1 saturated heterocycles. The molecule has 1 fully saturated rings. The zero-order valence-electron chi connectivity index (χ0n) is 11.9. The first kappa shape index (κ1) is 14.8. The number of ether oxygens (including phenoxy) is 1. The van der Waals surface area contributed by atoms with Gasteiger partial charge in [0.2, 0.25) is 0 Å². The standard InChI is InChI=1S/C15H23BrN2O/c1-4-12-9-19-10(2)8-18(12)13-5-6-14(11(3)17)15(16)7-13/h5-7,10-12H,4,8-9,17H2,1-3H3/t10?,11-,12?/m1/s1. The van der Waals surface area contributed by atoms with Crippen molar-refractivity contribution in [2.45, 2.75) is 45.4 Å². The molecule has 1 aromatic rings. The number of hydrogen-bond donors (Lipinski definition) is 1. The SMILES string of the molecule is CCC1COC(C)CN1c1ccc([C@@H](C)N)c(Br)c1. The van der Waals surface area contributed by atoms with Gasteiger partial charge in [0, 0.05) is 22.7 Å². The van der Waals surface area contributed by atoms with Gasteiger partial charge in [-0.15, -0.1) is 0 Å². The molecule has 0 aromatic heterocycles. The van der Waals surface area contributed by atoms with Crippen LogP contribution in [-0.4, -0.2) is 25.3 Å². The lowest BCUT2D eigenvalue weighted by atomic mass is 10.1. The maximum Gasteiger partial charge on any atom is 0.0723 e. The van der Waals surface area contributed by atoms with E-state index >= 15 is 0 Å². The molecule has 1 aliphatic rings. The van der Waals surface area contributed by atoms with Gasteiger partial charge in [0.25, 0.3) is 0 Å². The highest BCUT2D eigenvalue weighted by Gasteiger charge is 2.26. The summed E-state index contributed by atoms with van der Waals surface area (Å²) >= 11 is 3.63. The van der Waals surface area contributed by atoms with Crippen LogP contribution in [0.3, 0.4) is 0 Å². The lowest BCUT2D eigenvalue weighted by Gasteiger charge is -2.40. The van der Waals surface area contributed by atoms with Crippen LogP contribution in [-0.2, 0) is 4.74 Å². The largest absolute Gasteiger partial charge is 0.375 e. The van der Waals surface area contributed by atoms with Crippen LogP contribution in [0.25, 0.3) is 0 Å². The van der Waals surface area contributed by atoms with Crippen LogP contribution in [0.4, 0.5) is 5.69 Å². The Balaban J connectivity index is 2.26. The Morgan fingerprint density at radius 1 is 1.53 bits per heavy atom. The van der Waals surface area contributed by atoms with Crippen molar-refractivity contribution in [3.8, 4) is 0 Å². The summed E-state index contributed by atoms with van der Waals surface area (Å²) in [6.45, 7) is 8.10. The second-order valence-electron chi connectivity index (χ2n) is 5.35. The van der Waals surface area contributed by atoms with Crippen molar-refractivity contribution in [3.63, 3.8) is 0 Å².